The summed E-state index contributed by atoms with van der Waals surface area (Å²) in [6, 6.07) is 1.59. The van der Waals surface area contributed by atoms with Gasteiger partial charge in [-0.2, -0.15) is 9.37 Å². The first kappa shape index (κ1) is 5.94. The number of aromatic nitrogens is 2. The molecule has 0 aliphatic rings. The molecule has 1 N–H and O–H groups in total. The predicted octanol–water partition coefficient (Wildman–Crippen LogP) is 0.657. The number of halogens is 1. The lowest BCUT2D eigenvalue weighted by molar-refractivity contribution is 0.540. The SMILES string of the molecule is CNc1ccnc(F)n1. The van der Waals surface area contributed by atoms with E-state index in [1.54, 1.807) is 13.1 Å². The van der Waals surface area contributed by atoms with E-state index in [4.69, 9.17) is 0 Å². The van der Waals surface area contributed by atoms with E-state index in [1.165, 1.54) is 6.20 Å². The highest BCUT2D eigenvalue weighted by Gasteiger charge is 1.91. The first-order valence-corrected chi connectivity index (χ1v) is 2.49. The molecule has 48 valence electrons. The third kappa shape index (κ3) is 1.35. The van der Waals surface area contributed by atoms with Crippen LogP contribution in [-0.2, 0) is 0 Å². The van der Waals surface area contributed by atoms with Crippen molar-refractivity contribution >= 4 is 5.82 Å². The van der Waals surface area contributed by atoms with Crippen molar-refractivity contribution in [2.75, 3.05) is 12.4 Å². The molecular weight excluding hydrogens is 121 g/mol. The topological polar surface area (TPSA) is 37.8 Å². The van der Waals surface area contributed by atoms with Crippen LogP contribution in [0.3, 0.4) is 0 Å². The highest BCUT2D eigenvalue weighted by atomic mass is 19.1. The standard InChI is InChI=1S/C5H6FN3/c1-7-4-2-3-8-5(6)9-4/h2-3H,1H3,(H,7,8,9). The fourth-order valence-electron chi connectivity index (χ4n) is 0.474. The van der Waals surface area contributed by atoms with Crippen LogP contribution in [0, 0.1) is 6.08 Å². The molecule has 0 unspecified atom stereocenters. The van der Waals surface area contributed by atoms with Crippen molar-refractivity contribution in [3.05, 3.63) is 18.3 Å². The van der Waals surface area contributed by atoms with Gasteiger partial charge in [-0.15, -0.1) is 0 Å². The van der Waals surface area contributed by atoms with Crippen LogP contribution in [0.1, 0.15) is 0 Å². The molecule has 0 saturated heterocycles. The summed E-state index contributed by atoms with van der Waals surface area (Å²) in [5, 5.41) is 2.68. The number of hydrogen-bond acceptors (Lipinski definition) is 3. The summed E-state index contributed by atoms with van der Waals surface area (Å²) in [5.41, 5.74) is 0. The van der Waals surface area contributed by atoms with Crippen LogP contribution in [-0.4, -0.2) is 17.0 Å². The molecule has 1 heterocycles. The van der Waals surface area contributed by atoms with Crippen molar-refractivity contribution in [1.29, 1.82) is 0 Å². The molecule has 0 aliphatic heterocycles. The number of nitrogens with zero attached hydrogens (tertiary/aromatic N) is 2. The lowest BCUT2D eigenvalue weighted by Crippen LogP contribution is -1.95. The second-order valence-corrected chi connectivity index (χ2v) is 1.46. The number of anilines is 1. The van der Waals surface area contributed by atoms with Crippen LogP contribution in [0.5, 0.6) is 0 Å². The van der Waals surface area contributed by atoms with Crippen LogP contribution in [0.2, 0.25) is 0 Å². The van der Waals surface area contributed by atoms with Crippen LogP contribution in [0.4, 0.5) is 10.2 Å². The van der Waals surface area contributed by atoms with E-state index in [1.807, 2.05) is 0 Å². The lowest BCUT2D eigenvalue weighted by atomic mass is 10.6. The average Bonchev–Trinajstić information content (AvgIpc) is 1.88. The van der Waals surface area contributed by atoms with Gasteiger partial charge in [-0.05, 0) is 6.07 Å². The third-order valence-electron chi connectivity index (χ3n) is 0.882. The summed E-state index contributed by atoms with van der Waals surface area (Å²) in [6.45, 7) is 0. The molecule has 0 fully saturated rings. The van der Waals surface area contributed by atoms with E-state index in [0.717, 1.165) is 0 Å². The Hall–Kier alpha value is -1.19. The van der Waals surface area contributed by atoms with Crippen molar-refractivity contribution in [2.45, 2.75) is 0 Å². The minimum absolute atomic E-state index is 0.488. The molecule has 0 bridgehead atoms. The molecule has 0 aromatic carbocycles. The molecular formula is C5H6FN3. The van der Waals surface area contributed by atoms with E-state index in [9.17, 15) is 4.39 Å². The Morgan fingerprint density at radius 2 is 2.44 bits per heavy atom. The Labute approximate surface area is 52.0 Å². The smallest absolute Gasteiger partial charge is 0.310 e. The minimum atomic E-state index is -0.707. The molecule has 1 aromatic heterocycles. The summed E-state index contributed by atoms with van der Waals surface area (Å²) in [4.78, 5) is 6.67. The first-order valence-electron chi connectivity index (χ1n) is 2.49. The van der Waals surface area contributed by atoms with Crippen molar-refractivity contribution in [1.82, 2.24) is 9.97 Å². The van der Waals surface area contributed by atoms with Gasteiger partial charge in [0.15, 0.2) is 0 Å². The monoisotopic (exact) mass is 127 g/mol. The third-order valence-corrected chi connectivity index (χ3v) is 0.882. The molecule has 4 heteroatoms. The molecule has 0 spiro atoms. The molecule has 0 saturated carbocycles. The molecule has 0 amide bonds. The zero-order chi connectivity index (χ0) is 6.69. The van der Waals surface area contributed by atoms with Crippen LogP contribution in [0.15, 0.2) is 12.3 Å². The first-order chi connectivity index (χ1) is 4.33. The summed E-state index contributed by atoms with van der Waals surface area (Å²) < 4.78 is 12.1. The van der Waals surface area contributed by atoms with Gasteiger partial charge in [0, 0.05) is 13.2 Å². The highest BCUT2D eigenvalue weighted by molar-refractivity contribution is 5.30. The van der Waals surface area contributed by atoms with Gasteiger partial charge in [0.2, 0.25) is 0 Å². The summed E-state index contributed by atoms with van der Waals surface area (Å²) in [6.07, 6.45) is 0.649. The molecule has 1 rings (SSSR count). The maximum atomic E-state index is 12.1. The summed E-state index contributed by atoms with van der Waals surface area (Å²) in [5.74, 6) is 0.488. The molecule has 0 aliphatic carbocycles. The van der Waals surface area contributed by atoms with E-state index in [2.05, 4.69) is 15.3 Å². The summed E-state index contributed by atoms with van der Waals surface area (Å²) >= 11 is 0. The molecule has 3 nitrogen and oxygen atoms in total. The summed E-state index contributed by atoms with van der Waals surface area (Å²) in [7, 11) is 1.67. The molecule has 0 radical (unpaired) electrons. The Morgan fingerprint density at radius 1 is 1.67 bits per heavy atom. The Kier molecular flexibility index (Phi) is 1.58. The zero-order valence-corrected chi connectivity index (χ0v) is 4.93. The van der Waals surface area contributed by atoms with Gasteiger partial charge in [-0.3, -0.25) is 0 Å². The lowest BCUT2D eigenvalue weighted by Gasteiger charge is -1.94. The fourth-order valence-corrected chi connectivity index (χ4v) is 0.474. The van der Waals surface area contributed by atoms with E-state index in [-0.39, 0.29) is 0 Å². The van der Waals surface area contributed by atoms with Gasteiger partial charge in [-0.25, -0.2) is 4.98 Å². The molecule has 0 atom stereocenters. The number of nitrogens with one attached hydrogen (secondary N) is 1. The normalized spacial score (nSPS) is 9.11. The van der Waals surface area contributed by atoms with E-state index >= 15 is 0 Å². The Morgan fingerprint density at radius 3 is 2.89 bits per heavy atom. The van der Waals surface area contributed by atoms with Gasteiger partial charge in [0.25, 0.3) is 0 Å². The van der Waals surface area contributed by atoms with Crippen molar-refractivity contribution in [2.24, 2.45) is 0 Å². The second-order valence-electron chi connectivity index (χ2n) is 1.46. The minimum Gasteiger partial charge on any atom is -0.373 e. The van der Waals surface area contributed by atoms with Crippen LogP contribution >= 0.6 is 0 Å². The van der Waals surface area contributed by atoms with Gasteiger partial charge in [0.05, 0.1) is 0 Å². The molecule has 1 aromatic rings. The quantitative estimate of drug-likeness (QED) is 0.563. The Bertz CT molecular complexity index is 201. The largest absolute Gasteiger partial charge is 0.373 e. The molecule has 9 heavy (non-hydrogen) atoms. The van der Waals surface area contributed by atoms with Crippen LogP contribution < -0.4 is 5.32 Å². The second kappa shape index (κ2) is 2.39. The van der Waals surface area contributed by atoms with E-state index in [0.29, 0.717) is 5.82 Å². The maximum absolute atomic E-state index is 12.1. The fraction of sp³-hybridized carbons (Fsp3) is 0.200. The number of rotatable bonds is 1. The van der Waals surface area contributed by atoms with Crippen molar-refractivity contribution in [3.8, 4) is 0 Å². The maximum Gasteiger partial charge on any atom is 0.310 e. The van der Waals surface area contributed by atoms with Crippen molar-refractivity contribution in [3.63, 3.8) is 0 Å². The van der Waals surface area contributed by atoms with Crippen LogP contribution in [0.25, 0.3) is 0 Å². The van der Waals surface area contributed by atoms with Gasteiger partial charge in [-0.1, -0.05) is 0 Å². The number of hydrogen-bond donors (Lipinski definition) is 1. The zero-order valence-electron chi connectivity index (χ0n) is 4.93. The van der Waals surface area contributed by atoms with Crippen molar-refractivity contribution < 1.29 is 4.39 Å². The van der Waals surface area contributed by atoms with Gasteiger partial charge < -0.3 is 5.32 Å². The highest BCUT2D eigenvalue weighted by Crippen LogP contribution is 1.97. The predicted molar refractivity (Wildman–Crippen MR) is 31.5 cm³/mol. The van der Waals surface area contributed by atoms with Gasteiger partial charge in [0.1, 0.15) is 5.82 Å². The Balaban J connectivity index is 2.94. The average molecular weight is 127 g/mol. The van der Waals surface area contributed by atoms with Gasteiger partial charge >= 0.3 is 6.08 Å². The van der Waals surface area contributed by atoms with E-state index < -0.39 is 6.08 Å².